The molecule has 2 amide bonds. The van der Waals surface area contributed by atoms with Crippen LogP contribution < -0.4 is 10.6 Å². The van der Waals surface area contributed by atoms with Gasteiger partial charge in [-0.25, -0.2) is 0 Å². The molecule has 1 aromatic carbocycles. The molecular weight excluding hydrogens is 425 g/mol. The highest BCUT2D eigenvalue weighted by molar-refractivity contribution is 5.97. The number of alkyl halides is 3. The molecule has 1 aromatic heterocycles. The number of hydrogen-bond donors (Lipinski definition) is 1. The predicted octanol–water partition coefficient (Wildman–Crippen LogP) is 3.16. The van der Waals surface area contributed by atoms with Crippen molar-refractivity contribution < 1.29 is 27.2 Å². The fourth-order valence-corrected chi connectivity index (χ4v) is 4.74. The summed E-state index contributed by atoms with van der Waals surface area (Å²) in [5.41, 5.74) is 4.59. The minimum absolute atomic E-state index is 0.330. The second-order valence-corrected chi connectivity index (χ2v) is 8.39. The van der Waals surface area contributed by atoms with Crippen molar-refractivity contribution >= 4 is 17.5 Å². The molecule has 2 fully saturated rings. The van der Waals surface area contributed by atoms with Crippen LogP contribution in [0.2, 0.25) is 0 Å². The zero-order valence-electron chi connectivity index (χ0n) is 17.1. The molecule has 2 N–H and O–H groups in total. The van der Waals surface area contributed by atoms with Gasteiger partial charge in [-0.15, -0.1) is 0 Å². The molecule has 2 aliphatic rings. The Balaban J connectivity index is 1.51. The summed E-state index contributed by atoms with van der Waals surface area (Å²) in [5.74, 6) is -0.910. The Labute approximate surface area is 182 Å². The number of amides is 2. The third-order valence-electron chi connectivity index (χ3n) is 6.48. The molecule has 32 heavy (non-hydrogen) atoms. The molecule has 2 saturated heterocycles. The number of primary amides is 1. The molecule has 2 aromatic rings. The normalized spacial score (nSPS) is 20.4. The standard InChI is InChI=1S/C22H21F3N4O3/c23-22(24,25)17-9-16(2-1-14(17)11-26)28-6-4-21(5-7-28)10-18(19(27)30)29(13-21)20(31)15-3-8-32-12-15/h1-3,8-9,12,18H,4-7,10,13H2,(H2,27,30). The topological polar surface area (TPSA) is 104 Å². The first-order valence-electron chi connectivity index (χ1n) is 10.1. The largest absolute Gasteiger partial charge is 0.472 e. The van der Waals surface area contributed by atoms with Crippen LogP contribution in [0.25, 0.3) is 0 Å². The fraction of sp³-hybridized carbons (Fsp3) is 0.409. The average molecular weight is 446 g/mol. The van der Waals surface area contributed by atoms with Crippen molar-refractivity contribution in [1.29, 1.82) is 5.26 Å². The number of carbonyl (C=O) groups is 2. The van der Waals surface area contributed by atoms with Crippen molar-refractivity contribution in [2.45, 2.75) is 31.5 Å². The lowest BCUT2D eigenvalue weighted by Crippen LogP contribution is -2.44. The van der Waals surface area contributed by atoms with E-state index in [0.29, 0.717) is 50.1 Å². The molecule has 0 radical (unpaired) electrons. The Hall–Kier alpha value is -3.48. The third-order valence-corrected chi connectivity index (χ3v) is 6.48. The number of benzene rings is 1. The van der Waals surface area contributed by atoms with Gasteiger partial charge in [-0.2, -0.15) is 18.4 Å². The average Bonchev–Trinajstić information content (AvgIpc) is 3.42. The number of furan rings is 1. The van der Waals surface area contributed by atoms with Gasteiger partial charge in [-0.05, 0) is 48.9 Å². The molecule has 168 valence electrons. The van der Waals surface area contributed by atoms with Crippen molar-refractivity contribution in [3.8, 4) is 6.07 Å². The van der Waals surface area contributed by atoms with E-state index in [4.69, 9.17) is 15.4 Å². The van der Waals surface area contributed by atoms with Crippen molar-refractivity contribution in [3.63, 3.8) is 0 Å². The van der Waals surface area contributed by atoms with Gasteiger partial charge in [0.2, 0.25) is 5.91 Å². The van der Waals surface area contributed by atoms with Gasteiger partial charge in [0, 0.05) is 25.3 Å². The number of nitrogens with zero attached hydrogens (tertiary/aromatic N) is 3. The molecule has 2 aliphatic heterocycles. The quantitative estimate of drug-likeness (QED) is 0.780. The van der Waals surface area contributed by atoms with Crippen LogP contribution in [0.4, 0.5) is 18.9 Å². The van der Waals surface area contributed by atoms with Gasteiger partial charge in [-0.3, -0.25) is 9.59 Å². The lowest BCUT2D eigenvalue weighted by atomic mass is 9.76. The fourth-order valence-electron chi connectivity index (χ4n) is 4.74. The van der Waals surface area contributed by atoms with E-state index in [1.54, 1.807) is 6.07 Å². The van der Waals surface area contributed by atoms with Gasteiger partial charge < -0.3 is 20.0 Å². The van der Waals surface area contributed by atoms with Gasteiger partial charge in [-0.1, -0.05) is 0 Å². The lowest BCUT2D eigenvalue weighted by molar-refractivity contribution is -0.137. The number of nitriles is 1. The number of rotatable bonds is 3. The van der Waals surface area contributed by atoms with Crippen LogP contribution in [-0.2, 0) is 11.0 Å². The molecule has 0 bridgehead atoms. The van der Waals surface area contributed by atoms with Crippen molar-refractivity contribution in [1.82, 2.24) is 4.90 Å². The summed E-state index contributed by atoms with van der Waals surface area (Å²) in [7, 11) is 0. The molecule has 1 unspecified atom stereocenters. The maximum atomic E-state index is 13.3. The summed E-state index contributed by atoms with van der Waals surface area (Å²) in [4.78, 5) is 28.2. The number of nitrogens with two attached hydrogens (primary N) is 1. The highest BCUT2D eigenvalue weighted by Gasteiger charge is 2.49. The van der Waals surface area contributed by atoms with E-state index >= 15 is 0 Å². The van der Waals surface area contributed by atoms with E-state index in [2.05, 4.69) is 0 Å². The van der Waals surface area contributed by atoms with Crippen LogP contribution in [0.15, 0.2) is 41.2 Å². The minimum atomic E-state index is -4.62. The Morgan fingerprint density at radius 2 is 1.94 bits per heavy atom. The number of halogens is 3. The Morgan fingerprint density at radius 1 is 1.22 bits per heavy atom. The highest BCUT2D eigenvalue weighted by Crippen LogP contribution is 2.45. The van der Waals surface area contributed by atoms with Crippen LogP contribution >= 0.6 is 0 Å². The van der Waals surface area contributed by atoms with Gasteiger partial charge in [0.05, 0.1) is 29.0 Å². The van der Waals surface area contributed by atoms with Crippen molar-refractivity contribution in [2.75, 3.05) is 24.5 Å². The summed E-state index contributed by atoms with van der Waals surface area (Å²) in [5, 5.41) is 8.99. The van der Waals surface area contributed by atoms with Crippen LogP contribution in [0.1, 0.15) is 40.7 Å². The van der Waals surface area contributed by atoms with Gasteiger partial charge in [0.15, 0.2) is 0 Å². The second-order valence-electron chi connectivity index (χ2n) is 8.39. The minimum Gasteiger partial charge on any atom is -0.472 e. The predicted molar refractivity (Wildman–Crippen MR) is 107 cm³/mol. The molecule has 3 heterocycles. The highest BCUT2D eigenvalue weighted by atomic mass is 19.4. The third kappa shape index (κ3) is 3.90. The van der Waals surface area contributed by atoms with Crippen molar-refractivity contribution in [3.05, 3.63) is 53.5 Å². The number of hydrogen-bond acceptors (Lipinski definition) is 5. The van der Waals surface area contributed by atoms with Crippen LogP contribution in [0.3, 0.4) is 0 Å². The summed E-state index contributed by atoms with van der Waals surface area (Å²) >= 11 is 0. The Bertz CT molecular complexity index is 1070. The summed E-state index contributed by atoms with van der Waals surface area (Å²) < 4.78 is 44.9. The van der Waals surface area contributed by atoms with Gasteiger partial charge in [0.1, 0.15) is 12.3 Å². The van der Waals surface area contributed by atoms with Crippen LogP contribution in [0.5, 0.6) is 0 Å². The van der Waals surface area contributed by atoms with E-state index in [1.165, 1.54) is 35.6 Å². The number of carbonyl (C=O) groups excluding carboxylic acids is 2. The van der Waals surface area contributed by atoms with E-state index < -0.39 is 29.3 Å². The first kappa shape index (κ1) is 21.7. The van der Waals surface area contributed by atoms with Gasteiger partial charge >= 0.3 is 6.18 Å². The number of likely N-dealkylation sites (tertiary alicyclic amines) is 1. The molecular formula is C22H21F3N4O3. The Morgan fingerprint density at radius 3 is 2.50 bits per heavy atom. The molecule has 7 nitrogen and oxygen atoms in total. The zero-order valence-corrected chi connectivity index (χ0v) is 17.1. The first-order chi connectivity index (χ1) is 15.1. The summed E-state index contributed by atoms with van der Waals surface area (Å²) in [6.45, 7) is 1.27. The van der Waals surface area contributed by atoms with Crippen LogP contribution in [-0.4, -0.2) is 42.4 Å². The monoisotopic (exact) mass is 446 g/mol. The second kappa shape index (κ2) is 7.89. The molecule has 10 heteroatoms. The molecule has 1 spiro atoms. The smallest absolute Gasteiger partial charge is 0.417 e. The molecule has 1 atom stereocenters. The van der Waals surface area contributed by atoms with Crippen LogP contribution in [0, 0.1) is 16.7 Å². The van der Waals surface area contributed by atoms with E-state index in [-0.39, 0.29) is 11.3 Å². The molecule has 4 rings (SSSR count). The summed E-state index contributed by atoms with van der Waals surface area (Å²) in [6, 6.07) is 6.08. The number of piperidine rings is 1. The number of anilines is 1. The SMILES string of the molecule is N#Cc1ccc(N2CCC3(CC2)CC(C(N)=O)N(C(=O)c2ccoc2)C3)cc1C(F)(F)F. The van der Waals surface area contributed by atoms with E-state index in [9.17, 15) is 22.8 Å². The summed E-state index contributed by atoms with van der Waals surface area (Å²) in [6.07, 6.45) is -0.325. The lowest BCUT2D eigenvalue weighted by Gasteiger charge is -2.40. The van der Waals surface area contributed by atoms with E-state index in [0.717, 1.165) is 6.07 Å². The first-order valence-corrected chi connectivity index (χ1v) is 10.1. The molecule has 0 saturated carbocycles. The Kier molecular flexibility index (Phi) is 5.36. The zero-order chi connectivity index (χ0) is 23.1. The maximum absolute atomic E-state index is 13.3. The molecule has 0 aliphatic carbocycles. The van der Waals surface area contributed by atoms with E-state index in [1.807, 2.05) is 4.90 Å². The maximum Gasteiger partial charge on any atom is 0.417 e. The van der Waals surface area contributed by atoms with Crippen molar-refractivity contribution in [2.24, 2.45) is 11.1 Å². The van der Waals surface area contributed by atoms with Gasteiger partial charge in [0.25, 0.3) is 5.91 Å².